The summed E-state index contributed by atoms with van der Waals surface area (Å²) in [5, 5.41) is 9.55. The summed E-state index contributed by atoms with van der Waals surface area (Å²) in [6.07, 6.45) is 4.41. The smallest absolute Gasteiger partial charge is 0.0594 e. The Kier molecular flexibility index (Phi) is 3.60. The van der Waals surface area contributed by atoms with Crippen molar-refractivity contribution in [3.05, 3.63) is 12.7 Å². The van der Waals surface area contributed by atoms with Crippen LogP contribution in [-0.4, -0.2) is 24.4 Å². The Balaban J connectivity index is 2.16. The molecule has 11 heavy (non-hydrogen) atoms. The lowest BCUT2D eigenvalue weighted by atomic mass is 9.98. The molecule has 1 saturated heterocycles. The van der Waals surface area contributed by atoms with Gasteiger partial charge < -0.3 is 9.84 Å². The van der Waals surface area contributed by atoms with Crippen LogP contribution in [0.15, 0.2) is 12.7 Å². The van der Waals surface area contributed by atoms with Crippen molar-refractivity contribution in [3.8, 4) is 0 Å². The number of ether oxygens (including phenoxy) is 1. The highest BCUT2D eigenvalue weighted by Crippen LogP contribution is 2.19. The molecule has 1 heterocycles. The quantitative estimate of drug-likeness (QED) is 0.622. The van der Waals surface area contributed by atoms with Gasteiger partial charge in [-0.3, -0.25) is 0 Å². The molecule has 0 saturated carbocycles. The predicted molar refractivity (Wildman–Crippen MR) is 44.4 cm³/mol. The SMILES string of the molecule is C=CCCC(O)C1CCOC1. The van der Waals surface area contributed by atoms with Gasteiger partial charge in [0.05, 0.1) is 12.7 Å². The number of hydrogen-bond donors (Lipinski definition) is 1. The highest BCUT2D eigenvalue weighted by atomic mass is 16.5. The molecule has 1 aliphatic rings. The standard InChI is InChI=1S/C9H16O2/c1-2-3-4-9(10)8-5-6-11-7-8/h2,8-10H,1,3-7H2. The first-order valence-corrected chi connectivity index (χ1v) is 4.21. The summed E-state index contributed by atoms with van der Waals surface area (Å²) in [7, 11) is 0. The van der Waals surface area contributed by atoms with Crippen molar-refractivity contribution < 1.29 is 9.84 Å². The van der Waals surface area contributed by atoms with Gasteiger partial charge in [-0.15, -0.1) is 6.58 Å². The zero-order chi connectivity index (χ0) is 8.10. The summed E-state index contributed by atoms with van der Waals surface area (Å²) in [5.74, 6) is 0.370. The van der Waals surface area contributed by atoms with Crippen molar-refractivity contribution in [3.63, 3.8) is 0 Å². The third-order valence-corrected chi connectivity index (χ3v) is 2.18. The molecule has 1 rings (SSSR count). The molecule has 0 aliphatic carbocycles. The van der Waals surface area contributed by atoms with Crippen LogP contribution in [0, 0.1) is 5.92 Å². The molecule has 2 atom stereocenters. The topological polar surface area (TPSA) is 29.5 Å². The molecule has 0 aromatic carbocycles. The number of allylic oxidation sites excluding steroid dienone is 1. The second kappa shape index (κ2) is 4.52. The van der Waals surface area contributed by atoms with Crippen LogP contribution < -0.4 is 0 Å². The zero-order valence-electron chi connectivity index (χ0n) is 6.83. The van der Waals surface area contributed by atoms with Crippen molar-refractivity contribution in [2.45, 2.75) is 25.4 Å². The Morgan fingerprint density at radius 2 is 2.55 bits per heavy atom. The number of aliphatic hydroxyl groups excluding tert-OH is 1. The van der Waals surface area contributed by atoms with Crippen LogP contribution in [0.4, 0.5) is 0 Å². The molecule has 0 radical (unpaired) electrons. The van der Waals surface area contributed by atoms with Crippen LogP contribution in [0.25, 0.3) is 0 Å². The van der Waals surface area contributed by atoms with E-state index in [0.29, 0.717) is 5.92 Å². The maximum absolute atomic E-state index is 9.55. The first-order valence-electron chi connectivity index (χ1n) is 4.21. The van der Waals surface area contributed by atoms with E-state index < -0.39 is 0 Å². The molecular formula is C9H16O2. The summed E-state index contributed by atoms with van der Waals surface area (Å²) in [5.41, 5.74) is 0. The summed E-state index contributed by atoms with van der Waals surface area (Å²) in [6.45, 7) is 5.17. The van der Waals surface area contributed by atoms with Crippen molar-refractivity contribution in [2.24, 2.45) is 5.92 Å². The fourth-order valence-electron chi connectivity index (χ4n) is 1.38. The molecule has 64 valence electrons. The Morgan fingerprint density at radius 3 is 3.09 bits per heavy atom. The van der Waals surface area contributed by atoms with Crippen LogP contribution >= 0.6 is 0 Å². The molecule has 0 amide bonds. The first-order chi connectivity index (χ1) is 5.34. The minimum atomic E-state index is -0.185. The molecule has 2 unspecified atom stereocenters. The molecule has 1 N–H and O–H groups in total. The number of rotatable bonds is 4. The van der Waals surface area contributed by atoms with Gasteiger partial charge in [-0.05, 0) is 19.3 Å². The molecular weight excluding hydrogens is 140 g/mol. The molecule has 0 aromatic heterocycles. The largest absolute Gasteiger partial charge is 0.393 e. The normalized spacial score (nSPS) is 26.8. The Labute approximate surface area is 67.9 Å². The minimum Gasteiger partial charge on any atom is -0.393 e. The highest BCUT2D eigenvalue weighted by molar-refractivity contribution is 4.76. The van der Waals surface area contributed by atoms with E-state index in [0.717, 1.165) is 32.5 Å². The van der Waals surface area contributed by atoms with Gasteiger partial charge in [0.1, 0.15) is 0 Å². The van der Waals surface area contributed by atoms with E-state index in [1.54, 1.807) is 0 Å². The van der Waals surface area contributed by atoms with Gasteiger partial charge in [0.2, 0.25) is 0 Å². The van der Waals surface area contributed by atoms with Gasteiger partial charge >= 0.3 is 0 Å². The molecule has 0 bridgehead atoms. The van der Waals surface area contributed by atoms with E-state index >= 15 is 0 Å². The molecule has 1 aliphatic heterocycles. The van der Waals surface area contributed by atoms with Crippen LogP contribution in [0.5, 0.6) is 0 Å². The van der Waals surface area contributed by atoms with E-state index in [1.165, 1.54) is 0 Å². The monoisotopic (exact) mass is 156 g/mol. The average Bonchev–Trinajstić information content (AvgIpc) is 2.52. The maximum Gasteiger partial charge on any atom is 0.0594 e. The lowest BCUT2D eigenvalue weighted by molar-refractivity contribution is 0.0856. The van der Waals surface area contributed by atoms with Crippen LogP contribution in [0.1, 0.15) is 19.3 Å². The van der Waals surface area contributed by atoms with E-state index in [9.17, 15) is 5.11 Å². The molecule has 0 spiro atoms. The van der Waals surface area contributed by atoms with Crippen molar-refractivity contribution in [2.75, 3.05) is 13.2 Å². The maximum atomic E-state index is 9.55. The number of aliphatic hydroxyl groups is 1. The average molecular weight is 156 g/mol. The first kappa shape index (κ1) is 8.75. The van der Waals surface area contributed by atoms with Crippen molar-refractivity contribution >= 4 is 0 Å². The number of hydrogen-bond acceptors (Lipinski definition) is 2. The predicted octanol–water partition coefficient (Wildman–Crippen LogP) is 1.35. The lowest BCUT2D eigenvalue weighted by Crippen LogP contribution is -2.19. The summed E-state index contributed by atoms with van der Waals surface area (Å²) in [4.78, 5) is 0. The van der Waals surface area contributed by atoms with Gasteiger partial charge in [-0.25, -0.2) is 0 Å². The second-order valence-electron chi connectivity index (χ2n) is 3.06. The van der Waals surface area contributed by atoms with Crippen LogP contribution in [0.2, 0.25) is 0 Å². The summed E-state index contributed by atoms with van der Waals surface area (Å²) >= 11 is 0. The van der Waals surface area contributed by atoms with E-state index in [-0.39, 0.29) is 6.10 Å². The van der Waals surface area contributed by atoms with Gasteiger partial charge in [-0.2, -0.15) is 0 Å². The van der Waals surface area contributed by atoms with Crippen LogP contribution in [0.3, 0.4) is 0 Å². The fourth-order valence-corrected chi connectivity index (χ4v) is 1.38. The molecule has 0 aromatic rings. The van der Waals surface area contributed by atoms with Gasteiger partial charge in [-0.1, -0.05) is 6.08 Å². The summed E-state index contributed by atoms with van der Waals surface area (Å²) in [6, 6.07) is 0. The molecule has 2 nitrogen and oxygen atoms in total. The van der Waals surface area contributed by atoms with Gasteiger partial charge in [0.15, 0.2) is 0 Å². The zero-order valence-corrected chi connectivity index (χ0v) is 6.83. The molecule has 2 heteroatoms. The lowest BCUT2D eigenvalue weighted by Gasteiger charge is -2.14. The van der Waals surface area contributed by atoms with E-state index in [4.69, 9.17) is 4.74 Å². The van der Waals surface area contributed by atoms with Gasteiger partial charge in [0.25, 0.3) is 0 Å². The Bertz CT molecular complexity index is 117. The van der Waals surface area contributed by atoms with Crippen molar-refractivity contribution in [1.29, 1.82) is 0 Å². The second-order valence-corrected chi connectivity index (χ2v) is 3.06. The summed E-state index contributed by atoms with van der Waals surface area (Å²) < 4.78 is 5.17. The third-order valence-electron chi connectivity index (χ3n) is 2.18. The highest BCUT2D eigenvalue weighted by Gasteiger charge is 2.22. The van der Waals surface area contributed by atoms with E-state index in [2.05, 4.69) is 6.58 Å². The minimum absolute atomic E-state index is 0.185. The van der Waals surface area contributed by atoms with Crippen molar-refractivity contribution in [1.82, 2.24) is 0 Å². The van der Waals surface area contributed by atoms with E-state index in [1.807, 2.05) is 6.08 Å². The van der Waals surface area contributed by atoms with Gasteiger partial charge in [0, 0.05) is 12.5 Å². The van der Waals surface area contributed by atoms with Crippen LogP contribution in [-0.2, 0) is 4.74 Å². The fraction of sp³-hybridized carbons (Fsp3) is 0.778. The third kappa shape index (κ3) is 2.64. The molecule has 1 fully saturated rings. The Morgan fingerprint density at radius 1 is 1.73 bits per heavy atom. The Hall–Kier alpha value is -0.340.